The zero-order valence-corrected chi connectivity index (χ0v) is 15.2. The number of hydrogen-bond acceptors (Lipinski definition) is 4. The van der Waals surface area contributed by atoms with Crippen LogP contribution in [0.15, 0.2) is 47.4 Å². The van der Waals surface area contributed by atoms with Crippen LogP contribution in [0.4, 0.5) is 0 Å². The Morgan fingerprint density at radius 1 is 1.20 bits per heavy atom. The molecule has 0 saturated heterocycles. The second-order valence-corrected chi connectivity index (χ2v) is 6.95. The Kier molecular flexibility index (Phi) is 4.81. The zero-order chi connectivity index (χ0) is 18.0. The molecule has 2 aromatic heterocycles. The number of nitrogens with one attached hydrogen (secondary N) is 1. The van der Waals surface area contributed by atoms with Crippen LogP contribution in [0, 0.1) is 13.8 Å². The number of thiazole rings is 1. The second kappa shape index (κ2) is 7.03. The van der Waals surface area contributed by atoms with Crippen LogP contribution >= 0.6 is 11.3 Å². The molecule has 3 aromatic rings. The summed E-state index contributed by atoms with van der Waals surface area (Å²) in [7, 11) is 1.63. The van der Waals surface area contributed by atoms with Gasteiger partial charge in [-0.25, -0.2) is 4.98 Å². The van der Waals surface area contributed by atoms with Crippen molar-refractivity contribution in [2.24, 2.45) is 7.05 Å². The fourth-order valence-corrected chi connectivity index (χ4v) is 3.64. The molecule has 0 bridgehead atoms. The van der Waals surface area contributed by atoms with Crippen molar-refractivity contribution in [3.05, 3.63) is 74.6 Å². The Labute approximate surface area is 150 Å². The van der Waals surface area contributed by atoms with Crippen LogP contribution in [-0.4, -0.2) is 15.5 Å². The van der Waals surface area contributed by atoms with E-state index in [1.54, 1.807) is 30.6 Å². The molecule has 0 saturated carbocycles. The molecule has 25 heavy (non-hydrogen) atoms. The molecule has 0 fully saturated rings. The number of nitrogens with zero attached hydrogens (tertiary/aromatic N) is 2. The Morgan fingerprint density at radius 3 is 2.72 bits per heavy atom. The maximum atomic E-state index is 12.3. The summed E-state index contributed by atoms with van der Waals surface area (Å²) in [6.07, 6.45) is 1.63. The molecule has 0 aliphatic rings. The quantitative estimate of drug-likeness (QED) is 0.784. The summed E-state index contributed by atoms with van der Waals surface area (Å²) in [6, 6.07) is 11.3. The van der Waals surface area contributed by atoms with Gasteiger partial charge in [0.05, 0.1) is 12.2 Å². The van der Waals surface area contributed by atoms with Crippen molar-refractivity contribution < 1.29 is 4.79 Å². The van der Waals surface area contributed by atoms with Gasteiger partial charge in [0.15, 0.2) is 0 Å². The predicted octanol–water partition coefficient (Wildman–Crippen LogP) is 3.06. The van der Waals surface area contributed by atoms with E-state index in [4.69, 9.17) is 0 Å². The first-order valence-corrected chi connectivity index (χ1v) is 8.75. The van der Waals surface area contributed by atoms with Crippen molar-refractivity contribution in [1.82, 2.24) is 14.9 Å². The average molecular weight is 353 g/mol. The molecule has 1 N–H and O–H groups in total. The summed E-state index contributed by atoms with van der Waals surface area (Å²) in [5.74, 6) is -0.369. The van der Waals surface area contributed by atoms with Gasteiger partial charge in [-0.15, -0.1) is 11.3 Å². The molecule has 0 unspecified atom stereocenters. The lowest BCUT2D eigenvalue weighted by Gasteiger charge is -2.05. The minimum absolute atomic E-state index is 0.145. The molecule has 1 aromatic carbocycles. The first-order chi connectivity index (χ1) is 12.0. The highest BCUT2D eigenvalue weighted by Crippen LogP contribution is 2.29. The van der Waals surface area contributed by atoms with E-state index in [9.17, 15) is 9.59 Å². The smallest absolute Gasteiger partial charge is 0.263 e. The minimum Gasteiger partial charge on any atom is -0.347 e. The van der Waals surface area contributed by atoms with Gasteiger partial charge < -0.3 is 9.88 Å². The van der Waals surface area contributed by atoms with Gasteiger partial charge in [0.2, 0.25) is 0 Å². The highest BCUT2D eigenvalue weighted by molar-refractivity contribution is 7.15. The van der Waals surface area contributed by atoms with Crippen LogP contribution in [0.2, 0.25) is 0 Å². The molecule has 0 radical (unpaired) electrons. The molecule has 0 aliphatic carbocycles. The molecule has 3 rings (SSSR count). The van der Waals surface area contributed by atoms with E-state index in [1.807, 2.05) is 25.1 Å². The summed E-state index contributed by atoms with van der Waals surface area (Å²) in [5.41, 5.74) is 3.00. The number of hydrogen-bond donors (Lipinski definition) is 1. The number of carbonyl (C=O) groups is 1. The third-order valence-corrected chi connectivity index (χ3v) is 5.24. The summed E-state index contributed by atoms with van der Waals surface area (Å²) < 4.78 is 1.39. The van der Waals surface area contributed by atoms with Crippen LogP contribution in [-0.2, 0) is 13.6 Å². The highest BCUT2D eigenvalue weighted by atomic mass is 32.1. The first kappa shape index (κ1) is 17.1. The van der Waals surface area contributed by atoms with E-state index in [0.717, 1.165) is 21.1 Å². The summed E-state index contributed by atoms with van der Waals surface area (Å²) in [5, 5.41) is 3.76. The first-order valence-electron chi connectivity index (χ1n) is 7.93. The number of carbonyl (C=O) groups excluding carboxylic acids is 1. The third kappa shape index (κ3) is 3.53. The van der Waals surface area contributed by atoms with Gasteiger partial charge in [-0.3, -0.25) is 9.59 Å². The number of amides is 1. The van der Waals surface area contributed by atoms with Gasteiger partial charge in [0.1, 0.15) is 10.6 Å². The largest absolute Gasteiger partial charge is 0.347 e. The van der Waals surface area contributed by atoms with Gasteiger partial charge in [-0.1, -0.05) is 24.3 Å². The fraction of sp³-hybridized carbons (Fsp3) is 0.211. The maximum Gasteiger partial charge on any atom is 0.263 e. The molecule has 0 spiro atoms. The molecule has 0 aliphatic heterocycles. The number of benzene rings is 1. The molecule has 0 atom stereocenters. The Bertz CT molecular complexity index is 988. The SMILES string of the molecule is Cc1ccccc1-c1nc(C)c(CNC(=O)c2cccn(C)c2=O)s1. The lowest BCUT2D eigenvalue weighted by Crippen LogP contribution is -2.31. The van der Waals surface area contributed by atoms with Crippen molar-refractivity contribution in [3.63, 3.8) is 0 Å². The monoisotopic (exact) mass is 353 g/mol. The van der Waals surface area contributed by atoms with Gasteiger partial charge in [-0.2, -0.15) is 0 Å². The van der Waals surface area contributed by atoms with Crippen molar-refractivity contribution in [2.75, 3.05) is 0 Å². The van der Waals surface area contributed by atoms with Gasteiger partial charge in [-0.05, 0) is 31.5 Å². The van der Waals surface area contributed by atoms with Crippen LogP contribution in [0.25, 0.3) is 10.6 Å². The summed E-state index contributed by atoms with van der Waals surface area (Å²) in [6.45, 7) is 4.34. The van der Waals surface area contributed by atoms with Crippen molar-refractivity contribution in [2.45, 2.75) is 20.4 Å². The molecule has 5 nitrogen and oxygen atoms in total. The lowest BCUT2D eigenvalue weighted by atomic mass is 10.1. The van der Waals surface area contributed by atoms with Gasteiger partial charge in [0, 0.05) is 23.7 Å². The number of aromatic nitrogens is 2. The Balaban J connectivity index is 1.78. The lowest BCUT2D eigenvalue weighted by molar-refractivity contribution is 0.0949. The molecular weight excluding hydrogens is 334 g/mol. The topological polar surface area (TPSA) is 64.0 Å². The normalized spacial score (nSPS) is 10.7. The van der Waals surface area contributed by atoms with E-state index in [-0.39, 0.29) is 17.0 Å². The minimum atomic E-state index is -0.369. The number of rotatable bonds is 4. The van der Waals surface area contributed by atoms with Crippen LogP contribution < -0.4 is 10.9 Å². The Hall–Kier alpha value is -2.73. The predicted molar refractivity (Wildman–Crippen MR) is 99.9 cm³/mol. The molecule has 2 heterocycles. The van der Waals surface area contributed by atoms with Crippen LogP contribution in [0.5, 0.6) is 0 Å². The third-order valence-electron chi connectivity index (χ3n) is 4.05. The van der Waals surface area contributed by atoms with Crippen LogP contribution in [0.1, 0.15) is 26.5 Å². The molecule has 1 amide bonds. The van der Waals surface area contributed by atoms with Crippen molar-refractivity contribution in [3.8, 4) is 10.6 Å². The van der Waals surface area contributed by atoms with Crippen molar-refractivity contribution in [1.29, 1.82) is 0 Å². The van der Waals surface area contributed by atoms with E-state index >= 15 is 0 Å². The standard InChI is InChI=1S/C19H19N3O2S/c1-12-7-4-5-8-14(12)18-21-13(2)16(25-18)11-20-17(23)15-9-6-10-22(3)19(15)24/h4-10H,11H2,1-3H3,(H,20,23). The van der Waals surface area contributed by atoms with Crippen LogP contribution in [0.3, 0.4) is 0 Å². The number of pyridine rings is 1. The van der Waals surface area contributed by atoms with Crippen molar-refractivity contribution >= 4 is 17.2 Å². The number of aryl methyl sites for hydroxylation is 3. The van der Waals surface area contributed by atoms with E-state index in [1.165, 1.54) is 16.2 Å². The summed E-state index contributed by atoms with van der Waals surface area (Å²) in [4.78, 5) is 29.9. The molecule has 6 heteroatoms. The highest BCUT2D eigenvalue weighted by Gasteiger charge is 2.14. The van der Waals surface area contributed by atoms with E-state index in [0.29, 0.717) is 6.54 Å². The van der Waals surface area contributed by atoms with E-state index in [2.05, 4.69) is 23.3 Å². The molecular formula is C19H19N3O2S. The van der Waals surface area contributed by atoms with Gasteiger partial charge >= 0.3 is 0 Å². The second-order valence-electron chi connectivity index (χ2n) is 5.86. The van der Waals surface area contributed by atoms with E-state index < -0.39 is 0 Å². The van der Waals surface area contributed by atoms with Gasteiger partial charge in [0.25, 0.3) is 11.5 Å². The zero-order valence-electron chi connectivity index (χ0n) is 14.4. The maximum absolute atomic E-state index is 12.3. The fourth-order valence-electron chi connectivity index (χ4n) is 2.55. The summed E-state index contributed by atoms with van der Waals surface area (Å²) >= 11 is 1.56. The molecule has 128 valence electrons. The average Bonchev–Trinajstić information content (AvgIpc) is 2.96. The Morgan fingerprint density at radius 2 is 1.96 bits per heavy atom.